The smallest absolute Gasteiger partial charge is 0.532 e. The molecule has 5 heteroatoms. The summed E-state index contributed by atoms with van der Waals surface area (Å²) in [6, 6.07) is 15.9. The van der Waals surface area contributed by atoms with Gasteiger partial charge < -0.3 is 19.9 Å². The number of hydrogen-bond acceptors (Lipinski definition) is 4. The summed E-state index contributed by atoms with van der Waals surface area (Å²) in [5.41, 5.74) is 1.86. The van der Waals surface area contributed by atoms with Crippen molar-refractivity contribution in [2.75, 3.05) is 0 Å². The summed E-state index contributed by atoms with van der Waals surface area (Å²) >= 11 is 0. The van der Waals surface area contributed by atoms with E-state index in [1.54, 1.807) is 0 Å². The van der Waals surface area contributed by atoms with Crippen LogP contribution >= 0.6 is 0 Å². The Kier molecular flexibility index (Phi) is 3.03. The van der Waals surface area contributed by atoms with Gasteiger partial charge >= 0.3 is 7.12 Å². The molecule has 0 fully saturated rings. The standard InChI is InChI=1S/C18H13BO4/c20-13-7-12(8-14(21)9-13)17-10-16-15-4-2-1-3-11(15)5-6-18(16)23-19(17)22/h1-10,20-22H. The van der Waals surface area contributed by atoms with E-state index in [0.717, 1.165) is 16.3 Å². The molecule has 112 valence electrons. The highest BCUT2D eigenvalue weighted by atomic mass is 16.5. The van der Waals surface area contributed by atoms with Crippen LogP contribution in [-0.2, 0) is 0 Å². The summed E-state index contributed by atoms with van der Waals surface area (Å²) in [6.07, 6.45) is 1.83. The Labute approximate surface area is 133 Å². The minimum atomic E-state index is -1.16. The Balaban J connectivity index is 1.95. The Morgan fingerprint density at radius 1 is 0.870 bits per heavy atom. The highest BCUT2D eigenvalue weighted by molar-refractivity contribution is 6.70. The Bertz CT molecular complexity index is 929. The third kappa shape index (κ3) is 2.31. The fourth-order valence-electron chi connectivity index (χ4n) is 2.93. The predicted octanol–water partition coefficient (Wildman–Crippen LogP) is 3.20. The van der Waals surface area contributed by atoms with Crippen LogP contribution in [0.2, 0.25) is 0 Å². The Morgan fingerprint density at radius 2 is 1.61 bits per heavy atom. The summed E-state index contributed by atoms with van der Waals surface area (Å²) in [5, 5.41) is 31.7. The molecule has 0 amide bonds. The second-order valence-corrected chi connectivity index (χ2v) is 5.51. The Morgan fingerprint density at radius 3 is 2.39 bits per heavy atom. The van der Waals surface area contributed by atoms with Gasteiger partial charge in [0.1, 0.15) is 17.2 Å². The normalized spacial score (nSPS) is 13.4. The van der Waals surface area contributed by atoms with Gasteiger partial charge in [-0.1, -0.05) is 30.3 Å². The molecule has 0 spiro atoms. The van der Waals surface area contributed by atoms with Crippen LogP contribution in [0.5, 0.6) is 17.2 Å². The summed E-state index contributed by atoms with van der Waals surface area (Å²) < 4.78 is 5.61. The van der Waals surface area contributed by atoms with Gasteiger partial charge in [0, 0.05) is 17.1 Å². The highest BCUT2D eigenvalue weighted by Gasteiger charge is 2.29. The third-order valence-electron chi connectivity index (χ3n) is 3.97. The minimum Gasteiger partial charge on any atom is -0.532 e. The number of rotatable bonds is 1. The largest absolute Gasteiger partial charge is 0.560 e. The summed E-state index contributed by atoms with van der Waals surface area (Å²) in [7, 11) is -1.16. The molecule has 0 unspecified atom stereocenters. The first-order valence-corrected chi connectivity index (χ1v) is 7.23. The summed E-state index contributed by atoms with van der Waals surface area (Å²) in [4.78, 5) is 0. The number of benzene rings is 3. The zero-order chi connectivity index (χ0) is 16.0. The molecule has 0 radical (unpaired) electrons. The quantitative estimate of drug-likeness (QED) is 0.604. The van der Waals surface area contributed by atoms with Crippen LogP contribution in [0.3, 0.4) is 0 Å². The molecular weight excluding hydrogens is 291 g/mol. The van der Waals surface area contributed by atoms with Crippen molar-refractivity contribution < 1.29 is 19.9 Å². The lowest BCUT2D eigenvalue weighted by Gasteiger charge is -2.22. The van der Waals surface area contributed by atoms with Crippen LogP contribution < -0.4 is 4.65 Å². The third-order valence-corrected chi connectivity index (χ3v) is 3.97. The highest BCUT2D eigenvalue weighted by Crippen LogP contribution is 2.38. The monoisotopic (exact) mass is 304 g/mol. The van der Waals surface area contributed by atoms with E-state index in [9.17, 15) is 15.2 Å². The lowest BCUT2D eigenvalue weighted by molar-refractivity contribution is 0.432. The first-order valence-electron chi connectivity index (χ1n) is 7.23. The molecular formula is C18H13BO4. The predicted molar refractivity (Wildman–Crippen MR) is 90.2 cm³/mol. The molecule has 23 heavy (non-hydrogen) atoms. The van der Waals surface area contributed by atoms with Crippen LogP contribution in [0.25, 0.3) is 22.3 Å². The zero-order valence-electron chi connectivity index (χ0n) is 12.1. The molecule has 0 bridgehead atoms. The van der Waals surface area contributed by atoms with Crippen LogP contribution in [0.15, 0.2) is 54.6 Å². The van der Waals surface area contributed by atoms with Gasteiger partial charge in [0.05, 0.1) is 0 Å². The van der Waals surface area contributed by atoms with E-state index in [1.165, 1.54) is 18.2 Å². The Hall–Kier alpha value is -2.92. The minimum absolute atomic E-state index is 0.0724. The van der Waals surface area contributed by atoms with Gasteiger partial charge in [0.25, 0.3) is 0 Å². The van der Waals surface area contributed by atoms with E-state index in [-0.39, 0.29) is 11.5 Å². The molecule has 4 nitrogen and oxygen atoms in total. The molecule has 0 atom stereocenters. The van der Waals surface area contributed by atoms with Gasteiger partial charge in [-0.2, -0.15) is 0 Å². The van der Waals surface area contributed by atoms with Gasteiger partial charge in [-0.3, -0.25) is 0 Å². The molecule has 1 aliphatic heterocycles. The number of aromatic hydroxyl groups is 2. The zero-order valence-corrected chi connectivity index (χ0v) is 12.1. The maximum atomic E-state index is 10.3. The van der Waals surface area contributed by atoms with Crippen molar-refractivity contribution in [3.8, 4) is 17.2 Å². The van der Waals surface area contributed by atoms with Gasteiger partial charge in [-0.15, -0.1) is 0 Å². The van der Waals surface area contributed by atoms with Gasteiger partial charge in [-0.25, -0.2) is 0 Å². The second kappa shape index (κ2) is 5.07. The lowest BCUT2D eigenvalue weighted by Crippen LogP contribution is -2.27. The van der Waals surface area contributed by atoms with E-state index >= 15 is 0 Å². The average molecular weight is 304 g/mol. The van der Waals surface area contributed by atoms with Crippen molar-refractivity contribution in [3.63, 3.8) is 0 Å². The molecule has 0 saturated heterocycles. The van der Waals surface area contributed by atoms with Gasteiger partial charge in [-0.05, 0) is 40.6 Å². The van der Waals surface area contributed by atoms with E-state index in [4.69, 9.17) is 4.65 Å². The van der Waals surface area contributed by atoms with Crippen molar-refractivity contribution >= 4 is 29.4 Å². The summed E-state index contributed by atoms with van der Waals surface area (Å²) in [6.45, 7) is 0. The van der Waals surface area contributed by atoms with E-state index in [0.29, 0.717) is 16.8 Å². The number of phenols is 2. The molecule has 3 N–H and O–H groups in total. The molecule has 1 heterocycles. The SMILES string of the molecule is OB1Oc2ccc3ccccc3c2C=C1c1cc(O)cc(O)c1. The van der Waals surface area contributed by atoms with Crippen molar-refractivity contribution in [3.05, 3.63) is 65.7 Å². The van der Waals surface area contributed by atoms with E-state index in [1.807, 2.05) is 42.5 Å². The van der Waals surface area contributed by atoms with Crippen molar-refractivity contribution in [1.29, 1.82) is 0 Å². The van der Waals surface area contributed by atoms with Crippen molar-refractivity contribution in [2.24, 2.45) is 0 Å². The fraction of sp³-hybridized carbons (Fsp3) is 0. The number of fused-ring (bicyclic) bond motifs is 3. The van der Waals surface area contributed by atoms with E-state index in [2.05, 4.69) is 0 Å². The molecule has 0 aromatic heterocycles. The molecule has 4 rings (SSSR count). The first kappa shape index (κ1) is 13.7. The molecule has 3 aromatic carbocycles. The molecule has 0 saturated carbocycles. The maximum Gasteiger partial charge on any atom is 0.560 e. The molecule has 0 aliphatic carbocycles. The van der Waals surface area contributed by atoms with Crippen LogP contribution in [-0.4, -0.2) is 22.4 Å². The maximum absolute atomic E-state index is 10.3. The van der Waals surface area contributed by atoms with E-state index < -0.39 is 7.12 Å². The number of phenolic OH excluding ortho intramolecular Hbond substituents is 2. The fourth-order valence-corrected chi connectivity index (χ4v) is 2.93. The topological polar surface area (TPSA) is 69.9 Å². The second-order valence-electron chi connectivity index (χ2n) is 5.51. The van der Waals surface area contributed by atoms with Crippen LogP contribution in [0, 0.1) is 0 Å². The molecule has 3 aromatic rings. The lowest BCUT2D eigenvalue weighted by atomic mass is 9.71. The van der Waals surface area contributed by atoms with Crippen LogP contribution in [0.1, 0.15) is 11.1 Å². The first-order chi connectivity index (χ1) is 11.1. The molecule has 1 aliphatic rings. The average Bonchev–Trinajstić information content (AvgIpc) is 2.53. The van der Waals surface area contributed by atoms with Crippen LogP contribution in [0.4, 0.5) is 0 Å². The van der Waals surface area contributed by atoms with Crippen molar-refractivity contribution in [2.45, 2.75) is 0 Å². The van der Waals surface area contributed by atoms with Gasteiger partial charge in [0.15, 0.2) is 0 Å². The van der Waals surface area contributed by atoms with Gasteiger partial charge in [0.2, 0.25) is 0 Å². The summed E-state index contributed by atoms with van der Waals surface area (Å²) in [5.74, 6) is 0.456. The number of hydrogen-bond donors (Lipinski definition) is 3. The van der Waals surface area contributed by atoms with Crippen molar-refractivity contribution in [1.82, 2.24) is 0 Å².